The minimum atomic E-state index is -0.173. The zero-order valence-corrected chi connectivity index (χ0v) is 18.7. The zero-order valence-electron chi connectivity index (χ0n) is 18.7. The maximum atomic E-state index is 12.9. The molecule has 7 heteroatoms. The number of aromatic nitrogens is 2. The van der Waals surface area contributed by atoms with Gasteiger partial charge in [0.1, 0.15) is 11.9 Å². The van der Waals surface area contributed by atoms with Gasteiger partial charge in [0.2, 0.25) is 0 Å². The number of aryl methyl sites for hydroxylation is 2. The third-order valence-electron chi connectivity index (χ3n) is 5.76. The van der Waals surface area contributed by atoms with Crippen LogP contribution in [0.2, 0.25) is 0 Å². The number of nitrogens with one attached hydrogen (secondary N) is 1. The number of nitrogens with zero attached hydrogens (tertiary/aromatic N) is 3. The van der Waals surface area contributed by atoms with Crippen molar-refractivity contribution in [2.75, 3.05) is 13.1 Å². The maximum Gasteiger partial charge on any atom is 0.255 e. The molecule has 0 radical (unpaired) electrons. The molecule has 0 bridgehead atoms. The Morgan fingerprint density at radius 2 is 1.97 bits per heavy atom. The monoisotopic (exact) mass is 434 g/mol. The lowest BCUT2D eigenvalue weighted by Gasteiger charge is -2.32. The number of rotatable bonds is 8. The predicted molar refractivity (Wildman–Crippen MR) is 121 cm³/mol. The highest BCUT2D eigenvalue weighted by atomic mass is 16.5. The summed E-state index contributed by atoms with van der Waals surface area (Å²) in [7, 11) is 0. The second kappa shape index (κ2) is 10.4. The molecule has 4 rings (SSSR count). The Morgan fingerprint density at radius 1 is 1.19 bits per heavy atom. The summed E-state index contributed by atoms with van der Waals surface area (Å²) in [6.07, 6.45) is 6.42. The van der Waals surface area contributed by atoms with E-state index in [1.807, 2.05) is 50.5 Å². The third-order valence-corrected chi connectivity index (χ3v) is 5.76. The number of pyridine rings is 1. The summed E-state index contributed by atoms with van der Waals surface area (Å²) < 4.78 is 11.6. The topological polar surface area (TPSA) is 80.5 Å². The molecule has 0 unspecified atom stereocenters. The van der Waals surface area contributed by atoms with Gasteiger partial charge in [-0.05, 0) is 56.0 Å². The van der Waals surface area contributed by atoms with Crippen molar-refractivity contribution in [1.29, 1.82) is 0 Å². The molecule has 1 aliphatic rings. The molecule has 32 heavy (non-hydrogen) atoms. The highest BCUT2D eigenvalue weighted by molar-refractivity contribution is 5.97. The minimum absolute atomic E-state index is 0.0966. The molecule has 1 N–H and O–H groups in total. The second-order valence-corrected chi connectivity index (χ2v) is 8.27. The average Bonchev–Trinajstić information content (AvgIpc) is 3.29. The summed E-state index contributed by atoms with van der Waals surface area (Å²) in [6.45, 7) is 7.14. The molecule has 0 saturated carbocycles. The minimum Gasteiger partial charge on any atom is -0.489 e. The molecule has 0 atom stereocenters. The first-order chi connectivity index (χ1) is 15.6. The van der Waals surface area contributed by atoms with E-state index in [1.165, 1.54) is 5.56 Å². The van der Waals surface area contributed by atoms with E-state index in [4.69, 9.17) is 9.26 Å². The molecule has 2 aromatic heterocycles. The highest BCUT2D eigenvalue weighted by Crippen LogP contribution is 2.25. The first kappa shape index (κ1) is 22.0. The van der Waals surface area contributed by atoms with Gasteiger partial charge in [-0.3, -0.25) is 14.7 Å². The molecule has 0 aliphatic carbocycles. The maximum absolute atomic E-state index is 12.9. The highest BCUT2D eigenvalue weighted by Gasteiger charge is 2.23. The van der Waals surface area contributed by atoms with Gasteiger partial charge in [-0.2, -0.15) is 0 Å². The van der Waals surface area contributed by atoms with Gasteiger partial charge in [0.15, 0.2) is 5.76 Å². The van der Waals surface area contributed by atoms with E-state index in [1.54, 1.807) is 0 Å². The third kappa shape index (κ3) is 5.73. The van der Waals surface area contributed by atoms with Gasteiger partial charge in [-0.1, -0.05) is 23.7 Å². The van der Waals surface area contributed by atoms with Crippen LogP contribution < -0.4 is 10.1 Å². The molecular formula is C25H30N4O3. The van der Waals surface area contributed by atoms with Crippen molar-refractivity contribution in [3.05, 3.63) is 76.9 Å². The molecule has 1 fully saturated rings. The number of likely N-dealkylation sites (tertiary alicyclic amines) is 1. The van der Waals surface area contributed by atoms with Crippen LogP contribution in [0, 0.1) is 6.92 Å². The predicted octanol–water partition coefficient (Wildman–Crippen LogP) is 3.91. The molecule has 168 valence electrons. The fourth-order valence-corrected chi connectivity index (χ4v) is 3.90. The number of hydrogen-bond acceptors (Lipinski definition) is 6. The van der Waals surface area contributed by atoms with Gasteiger partial charge in [0.05, 0.1) is 17.8 Å². The SMILES string of the molecule is CCc1cc(CNC(=O)c2cc(C)ccc2OC2CCN(Cc3ccncc3)CC2)on1. The molecule has 3 heterocycles. The smallest absolute Gasteiger partial charge is 0.255 e. The van der Waals surface area contributed by atoms with Gasteiger partial charge in [-0.15, -0.1) is 0 Å². The summed E-state index contributed by atoms with van der Waals surface area (Å²) in [5, 5.41) is 6.89. The Hall–Kier alpha value is -3.19. The van der Waals surface area contributed by atoms with E-state index in [2.05, 4.69) is 32.5 Å². The van der Waals surface area contributed by atoms with E-state index in [9.17, 15) is 4.79 Å². The number of amides is 1. The first-order valence-electron chi connectivity index (χ1n) is 11.2. The lowest BCUT2D eigenvalue weighted by molar-refractivity contribution is 0.0887. The fourth-order valence-electron chi connectivity index (χ4n) is 3.90. The number of piperidine rings is 1. The van der Waals surface area contributed by atoms with Crippen molar-refractivity contribution in [3.8, 4) is 5.75 Å². The van der Waals surface area contributed by atoms with Crippen LogP contribution in [0.15, 0.2) is 53.3 Å². The van der Waals surface area contributed by atoms with Crippen LogP contribution in [0.25, 0.3) is 0 Å². The number of carbonyl (C=O) groups excluding carboxylic acids is 1. The van der Waals surface area contributed by atoms with Gasteiger partial charge < -0.3 is 14.6 Å². The van der Waals surface area contributed by atoms with Crippen molar-refractivity contribution in [2.45, 2.75) is 52.3 Å². The lowest BCUT2D eigenvalue weighted by Crippen LogP contribution is -2.38. The molecular weight excluding hydrogens is 404 g/mol. The molecule has 1 amide bonds. The van der Waals surface area contributed by atoms with Crippen LogP contribution in [-0.2, 0) is 19.5 Å². The lowest BCUT2D eigenvalue weighted by atomic mass is 10.1. The van der Waals surface area contributed by atoms with Crippen LogP contribution in [0.3, 0.4) is 0 Å². The fraction of sp³-hybridized carbons (Fsp3) is 0.400. The van der Waals surface area contributed by atoms with Gasteiger partial charge in [-0.25, -0.2) is 0 Å². The summed E-state index contributed by atoms with van der Waals surface area (Å²) in [5.41, 5.74) is 3.72. The van der Waals surface area contributed by atoms with E-state index in [0.717, 1.165) is 50.2 Å². The number of ether oxygens (including phenoxy) is 1. The van der Waals surface area contributed by atoms with E-state index >= 15 is 0 Å². The molecule has 1 aromatic carbocycles. The molecule has 3 aromatic rings. The number of benzene rings is 1. The van der Waals surface area contributed by atoms with Crippen molar-refractivity contribution >= 4 is 5.91 Å². The van der Waals surface area contributed by atoms with Crippen LogP contribution in [0.4, 0.5) is 0 Å². The quantitative estimate of drug-likeness (QED) is 0.579. The van der Waals surface area contributed by atoms with E-state index < -0.39 is 0 Å². The largest absolute Gasteiger partial charge is 0.489 e. The Kier molecular flexibility index (Phi) is 7.17. The Labute approximate surface area is 188 Å². The summed E-state index contributed by atoms with van der Waals surface area (Å²) in [5.74, 6) is 1.10. The van der Waals surface area contributed by atoms with Crippen molar-refractivity contribution in [3.63, 3.8) is 0 Å². The van der Waals surface area contributed by atoms with Gasteiger partial charge in [0, 0.05) is 38.1 Å². The second-order valence-electron chi connectivity index (χ2n) is 8.27. The number of carbonyl (C=O) groups is 1. The van der Waals surface area contributed by atoms with Crippen LogP contribution in [0.5, 0.6) is 5.75 Å². The van der Waals surface area contributed by atoms with E-state index in [0.29, 0.717) is 23.6 Å². The molecule has 1 aliphatic heterocycles. The van der Waals surface area contributed by atoms with Crippen LogP contribution >= 0.6 is 0 Å². The zero-order chi connectivity index (χ0) is 22.3. The van der Waals surface area contributed by atoms with Gasteiger partial charge >= 0.3 is 0 Å². The van der Waals surface area contributed by atoms with Crippen molar-refractivity contribution < 1.29 is 14.1 Å². The summed E-state index contributed by atoms with van der Waals surface area (Å²) in [6, 6.07) is 11.7. The first-order valence-corrected chi connectivity index (χ1v) is 11.2. The van der Waals surface area contributed by atoms with Crippen molar-refractivity contribution in [2.24, 2.45) is 0 Å². The Bertz CT molecular complexity index is 1030. The number of hydrogen-bond donors (Lipinski definition) is 1. The molecule has 1 saturated heterocycles. The average molecular weight is 435 g/mol. The Balaban J connectivity index is 1.34. The normalized spacial score (nSPS) is 14.9. The van der Waals surface area contributed by atoms with Crippen molar-refractivity contribution in [1.82, 2.24) is 20.4 Å². The van der Waals surface area contributed by atoms with Crippen LogP contribution in [-0.4, -0.2) is 40.1 Å². The summed E-state index contributed by atoms with van der Waals surface area (Å²) in [4.78, 5) is 19.4. The molecule has 0 spiro atoms. The van der Waals surface area contributed by atoms with E-state index in [-0.39, 0.29) is 12.0 Å². The van der Waals surface area contributed by atoms with Gasteiger partial charge in [0.25, 0.3) is 5.91 Å². The van der Waals surface area contributed by atoms with Crippen LogP contribution in [0.1, 0.15) is 52.7 Å². The standard InChI is InChI=1S/C25H30N4O3/c1-3-20-15-22(32-28-20)16-27-25(30)23-14-18(2)4-5-24(23)31-21-8-12-29(13-9-21)17-19-6-10-26-11-7-19/h4-7,10-11,14-15,21H,3,8-9,12-13,16-17H2,1-2H3,(H,27,30). The Morgan fingerprint density at radius 3 is 2.69 bits per heavy atom. The molecule has 7 nitrogen and oxygen atoms in total. The summed E-state index contributed by atoms with van der Waals surface area (Å²) >= 11 is 0.